The van der Waals surface area contributed by atoms with Crippen LogP contribution in [0, 0.1) is 5.92 Å². The summed E-state index contributed by atoms with van der Waals surface area (Å²) >= 11 is 18.2. The van der Waals surface area contributed by atoms with E-state index in [-0.39, 0.29) is 0 Å². The third-order valence-electron chi connectivity index (χ3n) is 2.98. The van der Waals surface area contributed by atoms with Gasteiger partial charge in [-0.15, -0.1) is 0 Å². The molecule has 0 saturated carbocycles. The molecule has 2 atom stereocenters. The van der Waals surface area contributed by atoms with Gasteiger partial charge in [0.15, 0.2) is 0 Å². The highest BCUT2D eigenvalue weighted by molar-refractivity contribution is 6.41. The summed E-state index contributed by atoms with van der Waals surface area (Å²) in [4.78, 5) is 0. The molecular weight excluding hydrogens is 280 g/mol. The molecule has 1 saturated heterocycles. The molecule has 2 unspecified atom stereocenters. The Bertz CT molecular complexity index is 388. The number of hydrogen-bond donors (Lipinski definition) is 1. The third kappa shape index (κ3) is 3.19. The maximum atomic E-state index is 6.14. The van der Waals surface area contributed by atoms with Crippen molar-refractivity contribution in [2.24, 2.45) is 5.92 Å². The van der Waals surface area contributed by atoms with E-state index >= 15 is 0 Å². The second-order valence-electron chi connectivity index (χ2n) is 4.34. The summed E-state index contributed by atoms with van der Waals surface area (Å²) in [5.41, 5.74) is 0.761. The molecule has 1 aliphatic rings. The Morgan fingerprint density at radius 1 is 1.24 bits per heavy atom. The molecule has 0 amide bonds. The summed E-state index contributed by atoms with van der Waals surface area (Å²) in [6, 6.07) is 3.72. The Labute approximate surface area is 116 Å². The van der Waals surface area contributed by atoms with Crippen molar-refractivity contribution in [3.05, 3.63) is 27.2 Å². The van der Waals surface area contributed by atoms with E-state index in [4.69, 9.17) is 39.5 Å². The van der Waals surface area contributed by atoms with E-state index in [0.717, 1.165) is 25.3 Å². The van der Waals surface area contributed by atoms with Crippen LogP contribution in [0.15, 0.2) is 12.1 Å². The van der Waals surface area contributed by atoms with Gasteiger partial charge in [0, 0.05) is 17.7 Å². The van der Waals surface area contributed by atoms with Crippen LogP contribution in [-0.2, 0) is 4.74 Å². The minimum Gasteiger partial charge on any atom is -0.381 e. The van der Waals surface area contributed by atoms with Crippen molar-refractivity contribution in [2.75, 3.05) is 18.5 Å². The van der Waals surface area contributed by atoms with Crippen LogP contribution in [0.4, 0.5) is 5.69 Å². The first-order valence-corrected chi connectivity index (χ1v) is 6.70. The summed E-state index contributed by atoms with van der Waals surface area (Å²) in [6.07, 6.45) is 0.955. The molecule has 17 heavy (non-hydrogen) atoms. The highest BCUT2D eigenvalue weighted by atomic mass is 35.5. The number of benzene rings is 1. The minimum atomic E-state index is 0.333. The summed E-state index contributed by atoms with van der Waals surface area (Å²) in [6.45, 7) is 3.68. The van der Waals surface area contributed by atoms with Crippen LogP contribution in [0.2, 0.25) is 15.1 Å². The number of hydrogen-bond acceptors (Lipinski definition) is 2. The fourth-order valence-corrected chi connectivity index (χ4v) is 2.89. The summed E-state index contributed by atoms with van der Waals surface area (Å²) < 4.78 is 5.40. The van der Waals surface area contributed by atoms with E-state index in [0.29, 0.717) is 27.0 Å². The summed E-state index contributed by atoms with van der Waals surface area (Å²) in [5.74, 6) is 0.437. The topological polar surface area (TPSA) is 21.3 Å². The van der Waals surface area contributed by atoms with Crippen molar-refractivity contribution in [3.63, 3.8) is 0 Å². The lowest BCUT2D eigenvalue weighted by Crippen LogP contribution is -2.36. The second-order valence-corrected chi connectivity index (χ2v) is 5.59. The van der Waals surface area contributed by atoms with Gasteiger partial charge in [0.05, 0.1) is 22.3 Å². The molecule has 94 valence electrons. The van der Waals surface area contributed by atoms with Gasteiger partial charge >= 0.3 is 0 Å². The second kappa shape index (κ2) is 5.66. The Kier molecular flexibility index (Phi) is 4.42. The molecule has 0 radical (unpaired) electrons. The lowest BCUT2D eigenvalue weighted by Gasteiger charge is -2.31. The van der Waals surface area contributed by atoms with Crippen LogP contribution >= 0.6 is 34.8 Å². The van der Waals surface area contributed by atoms with Gasteiger partial charge < -0.3 is 10.1 Å². The molecule has 0 bridgehead atoms. The lowest BCUT2D eigenvalue weighted by atomic mass is 9.97. The fraction of sp³-hybridized carbons (Fsp3) is 0.500. The minimum absolute atomic E-state index is 0.333. The monoisotopic (exact) mass is 293 g/mol. The van der Waals surface area contributed by atoms with Crippen LogP contribution < -0.4 is 5.32 Å². The zero-order chi connectivity index (χ0) is 12.4. The van der Waals surface area contributed by atoms with Gasteiger partial charge in [0.1, 0.15) is 0 Å². The van der Waals surface area contributed by atoms with E-state index in [1.807, 2.05) is 0 Å². The average molecular weight is 295 g/mol. The molecule has 1 heterocycles. The van der Waals surface area contributed by atoms with E-state index in [1.165, 1.54) is 0 Å². The smallest absolute Gasteiger partial charge is 0.0722 e. The van der Waals surface area contributed by atoms with Crippen LogP contribution in [0.5, 0.6) is 0 Å². The zero-order valence-electron chi connectivity index (χ0n) is 9.47. The molecule has 0 spiro atoms. The maximum Gasteiger partial charge on any atom is 0.0722 e. The van der Waals surface area contributed by atoms with Crippen LogP contribution in [-0.4, -0.2) is 19.3 Å². The molecule has 1 fully saturated rings. The Morgan fingerprint density at radius 3 is 2.47 bits per heavy atom. The summed E-state index contributed by atoms with van der Waals surface area (Å²) in [7, 11) is 0. The lowest BCUT2D eigenvalue weighted by molar-refractivity contribution is 0.0538. The predicted molar refractivity (Wildman–Crippen MR) is 73.5 cm³/mol. The van der Waals surface area contributed by atoms with E-state index in [2.05, 4.69) is 12.2 Å². The average Bonchev–Trinajstić information content (AvgIpc) is 2.25. The van der Waals surface area contributed by atoms with Gasteiger partial charge in [-0.2, -0.15) is 0 Å². The van der Waals surface area contributed by atoms with Crippen molar-refractivity contribution in [2.45, 2.75) is 19.4 Å². The molecule has 2 rings (SSSR count). The van der Waals surface area contributed by atoms with Crippen molar-refractivity contribution < 1.29 is 4.74 Å². The van der Waals surface area contributed by atoms with Gasteiger partial charge in [0.2, 0.25) is 0 Å². The standard InChI is InChI=1S/C12H14Cl3NO/c1-7-6-17-3-2-11(7)16-12-9(14)4-8(13)5-10(12)15/h4-5,7,11,16H,2-3,6H2,1H3. The Hall–Kier alpha value is -0.150. The Balaban J connectivity index is 2.17. The number of ether oxygens (including phenoxy) is 1. The fourth-order valence-electron chi connectivity index (χ4n) is 1.96. The first-order chi connectivity index (χ1) is 8.08. The molecule has 1 aromatic carbocycles. The Morgan fingerprint density at radius 2 is 1.88 bits per heavy atom. The number of anilines is 1. The van der Waals surface area contributed by atoms with Crippen LogP contribution in [0.25, 0.3) is 0 Å². The van der Waals surface area contributed by atoms with Gasteiger partial charge in [0.25, 0.3) is 0 Å². The first kappa shape index (κ1) is 13.3. The molecule has 1 aliphatic heterocycles. The van der Waals surface area contributed by atoms with Gasteiger partial charge in [-0.1, -0.05) is 41.7 Å². The molecule has 5 heteroatoms. The largest absolute Gasteiger partial charge is 0.381 e. The van der Waals surface area contributed by atoms with Crippen molar-refractivity contribution in [3.8, 4) is 0 Å². The van der Waals surface area contributed by atoms with Crippen molar-refractivity contribution in [1.82, 2.24) is 0 Å². The van der Waals surface area contributed by atoms with Crippen molar-refractivity contribution >= 4 is 40.5 Å². The van der Waals surface area contributed by atoms with Gasteiger partial charge in [-0.25, -0.2) is 0 Å². The highest BCUT2D eigenvalue weighted by Crippen LogP contribution is 2.35. The number of halogens is 3. The zero-order valence-corrected chi connectivity index (χ0v) is 11.7. The predicted octanol–water partition coefficient (Wildman–Crippen LogP) is 4.48. The van der Waals surface area contributed by atoms with E-state index < -0.39 is 0 Å². The van der Waals surface area contributed by atoms with Crippen LogP contribution in [0.3, 0.4) is 0 Å². The SMILES string of the molecule is CC1COCCC1Nc1c(Cl)cc(Cl)cc1Cl. The maximum absolute atomic E-state index is 6.14. The van der Waals surface area contributed by atoms with Gasteiger partial charge in [-0.05, 0) is 24.5 Å². The molecule has 2 nitrogen and oxygen atoms in total. The third-order valence-corrected chi connectivity index (χ3v) is 3.79. The molecule has 1 aromatic rings. The first-order valence-electron chi connectivity index (χ1n) is 5.56. The summed E-state index contributed by atoms with van der Waals surface area (Å²) in [5, 5.41) is 5.05. The van der Waals surface area contributed by atoms with Crippen molar-refractivity contribution in [1.29, 1.82) is 0 Å². The molecule has 0 aromatic heterocycles. The molecule has 1 N–H and O–H groups in total. The molecule has 0 aliphatic carbocycles. The highest BCUT2D eigenvalue weighted by Gasteiger charge is 2.23. The number of rotatable bonds is 2. The van der Waals surface area contributed by atoms with E-state index in [1.54, 1.807) is 12.1 Å². The van der Waals surface area contributed by atoms with Crippen LogP contribution in [0.1, 0.15) is 13.3 Å². The quantitative estimate of drug-likeness (QED) is 0.868. The molecular formula is C12H14Cl3NO. The van der Waals surface area contributed by atoms with E-state index in [9.17, 15) is 0 Å². The van der Waals surface area contributed by atoms with Gasteiger partial charge in [-0.3, -0.25) is 0 Å². The number of nitrogens with one attached hydrogen (secondary N) is 1. The normalized spacial score (nSPS) is 24.7.